The molecule has 0 N–H and O–H groups in total. The fourth-order valence-electron chi connectivity index (χ4n) is 5.06. The topological polar surface area (TPSA) is 54.3 Å². The molecule has 0 radical (unpaired) electrons. The summed E-state index contributed by atoms with van der Waals surface area (Å²) in [5.41, 5.74) is 1.06. The Hall–Kier alpha value is -1.86. The van der Waals surface area contributed by atoms with E-state index in [0.717, 1.165) is 55.7 Å². The van der Waals surface area contributed by atoms with Crippen molar-refractivity contribution in [1.82, 2.24) is 24.6 Å². The van der Waals surface area contributed by atoms with Crippen molar-refractivity contribution in [3.63, 3.8) is 0 Å². The van der Waals surface area contributed by atoms with Crippen LogP contribution in [0.2, 0.25) is 0 Å². The van der Waals surface area contributed by atoms with Crippen LogP contribution >= 0.6 is 11.8 Å². The van der Waals surface area contributed by atoms with Crippen molar-refractivity contribution in [3.8, 4) is 5.69 Å². The quantitative estimate of drug-likeness (QED) is 0.529. The smallest absolute Gasteiger partial charge is 0.236 e. The zero-order chi connectivity index (χ0) is 22.3. The minimum Gasteiger partial charge on any atom is -0.339 e. The fraction of sp³-hybridized carbons (Fsp3) is 0.640. The first-order valence-electron chi connectivity index (χ1n) is 12.4. The first-order chi connectivity index (χ1) is 15.7. The molecule has 1 atom stereocenters. The number of hydrogen-bond acceptors (Lipinski definition) is 5. The Balaban J connectivity index is 1.53. The summed E-state index contributed by atoms with van der Waals surface area (Å²) in [6.07, 6.45) is 9.86. The Morgan fingerprint density at radius 1 is 1.06 bits per heavy atom. The number of carbonyl (C=O) groups is 1. The molecule has 1 amide bonds. The third-order valence-electron chi connectivity index (χ3n) is 6.80. The predicted molar refractivity (Wildman–Crippen MR) is 130 cm³/mol. The van der Waals surface area contributed by atoms with Gasteiger partial charge in [0.2, 0.25) is 5.91 Å². The number of amides is 1. The molecular weight excluding hydrogens is 418 g/mol. The zero-order valence-electron chi connectivity index (χ0n) is 19.6. The summed E-state index contributed by atoms with van der Waals surface area (Å²) in [5, 5.41) is 9.76. The van der Waals surface area contributed by atoms with Gasteiger partial charge in [-0.2, -0.15) is 0 Å². The number of piperidine rings is 1. The van der Waals surface area contributed by atoms with Crippen LogP contribution in [-0.4, -0.2) is 61.4 Å². The largest absolute Gasteiger partial charge is 0.339 e. The molecule has 2 aliphatic rings. The molecule has 1 unspecified atom stereocenters. The minimum atomic E-state index is -0.189. The van der Waals surface area contributed by atoms with E-state index in [2.05, 4.69) is 43.6 Å². The lowest BCUT2D eigenvalue weighted by Crippen LogP contribution is -2.44. The van der Waals surface area contributed by atoms with Gasteiger partial charge in [-0.25, -0.2) is 0 Å². The zero-order valence-corrected chi connectivity index (χ0v) is 20.4. The normalized spacial score (nSPS) is 19.1. The van der Waals surface area contributed by atoms with Crippen LogP contribution in [0.1, 0.15) is 71.0 Å². The van der Waals surface area contributed by atoms with Gasteiger partial charge in [0.1, 0.15) is 0 Å². The van der Waals surface area contributed by atoms with Crippen LogP contribution in [0.15, 0.2) is 35.5 Å². The first-order valence-corrected chi connectivity index (χ1v) is 13.2. The van der Waals surface area contributed by atoms with E-state index in [0.29, 0.717) is 6.04 Å². The van der Waals surface area contributed by atoms with Crippen molar-refractivity contribution in [2.45, 2.75) is 88.2 Å². The van der Waals surface area contributed by atoms with E-state index in [1.54, 1.807) is 11.8 Å². The molecule has 4 rings (SSSR count). The van der Waals surface area contributed by atoms with Gasteiger partial charge in [0.25, 0.3) is 0 Å². The van der Waals surface area contributed by atoms with Gasteiger partial charge in [0.15, 0.2) is 11.0 Å². The van der Waals surface area contributed by atoms with Crippen molar-refractivity contribution in [3.05, 3.63) is 36.2 Å². The Morgan fingerprint density at radius 2 is 1.75 bits per heavy atom. The molecule has 6 nitrogen and oxygen atoms in total. The summed E-state index contributed by atoms with van der Waals surface area (Å²) in [4.78, 5) is 18.0. The van der Waals surface area contributed by atoms with Crippen LogP contribution in [0.3, 0.4) is 0 Å². The summed E-state index contributed by atoms with van der Waals surface area (Å²) < 4.78 is 2.15. The second-order valence-electron chi connectivity index (χ2n) is 9.08. The molecule has 1 aromatic heterocycles. The third kappa shape index (κ3) is 5.54. The van der Waals surface area contributed by atoms with E-state index in [-0.39, 0.29) is 11.2 Å². The van der Waals surface area contributed by atoms with Gasteiger partial charge >= 0.3 is 0 Å². The number of para-hydroxylation sites is 1. The number of nitrogens with zero attached hydrogens (tertiary/aromatic N) is 5. The molecule has 1 aliphatic carbocycles. The molecule has 2 aromatic rings. The van der Waals surface area contributed by atoms with Crippen LogP contribution in [0.4, 0.5) is 0 Å². The minimum absolute atomic E-state index is 0.189. The summed E-state index contributed by atoms with van der Waals surface area (Å²) in [6.45, 7) is 7.94. The Labute approximate surface area is 196 Å². The lowest BCUT2D eigenvalue weighted by Gasteiger charge is -2.35. The van der Waals surface area contributed by atoms with Crippen molar-refractivity contribution >= 4 is 17.7 Å². The number of likely N-dealkylation sites (tertiary alicyclic amines) is 1. The van der Waals surface area contributed by atoms with Crippen LogP contribution in [0.25, 0.3) is 5.69 Å². The average molecular weight is 456 g/mol. The molecule has 2 fully saturated rings. The molecule has 0 spiro atoms. The average Bonchev–Trinajstić information content (AvgIpc) is 3.23. The molecule has 7 heteroatoms. The van der Waals surface area contributed by atoms with Gasteiger partial charge in [0, 0.05) is 18.3 Å². The number of thioether (sulfide) groups is 1. The van der Waals surface area contributed by atoms with Crippen LogP contribution in [0.5, 0.6) is 0 Å². The Bertz CT molecular complexity index is 858. The Morgan fingerprint density at radius 3 is 2.44 bits per heavy atom. The summed E-state index contributed by atoms with van der Waals surface area (Å²) >= 11 is 1.54. The van der Waals surface area contributed by atoms with E-state index >= 15 is 0 Å². The number of aromatic nitrogens is 3. The van der Waals surface area contributed by atoms with Crippen molar-refractivity contribution < 1.29 is 4.79 Å². The SMILES string of the molecule is CCN(C(=O)C(C)Sc1nnc(CN2CCCCC2)n1-c1ccccc1)C1CCCCC1. The lowest BCUT2D eigenvalue weighted by atomic mass is 9.94. The van der Waals surface area contributed by atoms with E-state index in [9.17, 15) is 4.79 Å². The lowest BCUT2D eigenvalue weighted by molar-refractivity contribution is -0.133. The molecular formula is C25H37N5OS. The predicted octanol–water partition coefficient (Wildman–Crippen LogP) is 4.92. The van der Waals surface area contributed by atoms with Gasteiger partial charge in [-0.3, -0.25) is 14.3 Å². The van der Waals surface area contributed by atoms with Crippen molar-refractivity contribution in [2.75, 3.05) is 19.6 Å². The molecule has 1 saturated carbocycles. The monoisotopic (exact) mass is 455 g/mol. The standard InChI is InChI=1S/C25H37N5OS/c1-3-29(21-13-7-4-8-14-21)24(31)20(2)32-25-27-26-23(19-28-17-11-6-12-18-28)30(25)22-15-9-5-10-16-22/h5,9-10,15-16,20-21H,3-4,6-8,11-14,17-19H2,1-2H3. The summed E-state index contributed by atoms with van der Waals surface area (Å²) in [6, 6.07) is 10.7. The highest BCUT2D eigenvalue weighted by atomic mass is 32.2. The highest BCUT2D eigenvalue weighted by Gasteiger charge is 2.29. The molecule has 32 heavy (non-hydrogen) atoms. The summed E-state index contributed by atoms with van der Waals surface area (Å²) in [5.74, 6) is 1.18. The van der Waals surface area contributed by atoms with E-state index in [1.807, 2.05) is 25.1 Å². The molecule has 1 aromatic carbocycles. The number of rotatable bonds is 8. The highest BCUT2D eigenvalue weighted by molar-refractivity contribution is 8.00. The molecule has 1 aliphatic heterocycles. The molecule has 2 heterocycles. The summed E-state index contributed by atoms with van der Waals surface area (Å²) in [7, 11) is 0. The molecule has 1 saturated heterocycles. The van der Waals surface area contributed by atoms with E-state index in [1.165, 1.54) is 38.5 Å². The maximum atomic E-state index is 13.4. The van der Waals surface area contributed by atoms with E-state index in [4.69, 9.17) is 0 Å². The first kappa shape index (κ1) is 23.3. The number of carbonyl (C=O) groups excluding carboxylic acids is 1. The third-order valence-corrected chi connectivity index (χ3v) is 7.83. The molecule has 0 bridgehead atoms. The number of benzene rings is 1. The highest BCUT2D eigenvalue weighted by Crippen LogP contribution is 2.30. The van der Waals surface area contributed by atoms with Crippen LogP contribution in [-0.2, 0) is 11.3 Å². The van der Waals surface area contributed by atoms with Crippen LogP contribution in [0, 0.1) is 0 Å². The fourth-order valence-corrected chi connectivity index (χ4v) is 6.02. The second-order valence-corrected chi connectivity index (χ2v) is 10.4. The maximum absolute atomic E-state index is 13.4. The van der Waals surface area contributed by atoms with Gasteiger partial charge in [0.05, 0.1) is 11.8 Å². The van der Waals surface area contributed by atoms with Gasteiger partial charge < -0.3 is 4.90 Å². The van der Waals surface area contributed by atoms with Crippen molar-refractivity contribution in [2.24, 2.45) is 0 Å². The second kappa shape index (κ2) is 11.3. The van der Waals surface area contributed by atoms with Gasteiger partial charge in [-0.15, -0.1) is 10.2 Å². The molecule has 174 valence electrons. The van der Waals surface area contributed by atoms with Gasteiger partial charge in [-0.1, -0.05) is 55.6 Å². The van der Waals surface area contributed by atoms with Crippen molar-refractivity contribution in [1.29, 1.82) is 0 Å². The number of hydrogen-bond donors (Lipinski definition) is 0. The maximum Gasteiger partial charge on any atom is 0.236 e. The van der Waals surface area contributed by atoms with Crippen LogP contribution < -0.4 is 0 Å². The van der Waals surface area contributed by atoms with E-state index < -0.39 is 0 Å². The Kier molecular flexibility index (Phi) is 8.25. The van der Waals surface area contributed by atoms with Gasteiger partial charge in [-0.05, 0) is 64.8 Å².